The fourth-order valence-corrected chi connectivity index (χ4v) is 4.14. The lowest BCUT2D eigenvalue weighted by atomic mass is 10.1. The third kappa shape index (κ3) is 3.23. The van der Waals surface area contributed by atoms with Gasteiger partial charge in [0, 0.05) is 16.5 Å². The molecule has 140 valence electrons. The van der Waals surface area contributed by atoms with Gasteiger partial charge in [-0.1, -0.05) is 42.5 Å². The van der Waals surface area contributed by atoms with E-state index in [1.54, 1.807) is 26.2 Å². The molecule has 0 atom stereocenters. The van der Waals surface area contributed by atoms with Crippen LogP contribution in [0.25, 0.3) is 21.3 Å². The molecule has 2 heterocycles. The Hall–Kier alpha value is -3.25. The molecule has 0 spiro atoms. The molecule has 0 aliphatic heterocycles. The van der Waals surface area contributed by atoms with Crippen LogP contribution in [0.3, 0.4) is 0 Å². The van der Waals surface area contributed by atoms with Crippen LogP contribution in [0.1, 0.15) is 16.2 Å². The zero-order valence-electron chi connectivity index (χ0n) is 15.5. The summed E-state index contributed by atoms with van der Waals surface area (Å²) in [5, 5.41) is 2.48. The maximum Gasteiger partial charge on any atom is 0.263 e. The van der Waals surface area contributed by atoms with Gasteiger partial charge in [-0.3, -0.25) is 14.2 Å². The Morgan fingerprint density at radius 1 is 1.11 bits per heavy atom. The second-order valence-corrected chi connectivity index (χ2v) is 7.26. The smallest absolute Gasteiger partial charge is 0.263 e. The number of methoxy groups -OCH3 is 1. The number of hydrogen-bond acceptors (Lipinski definition) is 5. The summed E-state index contributed by atoms with van der Waals surface area (Å²) in [6.07, 6.45) is 0. The van der Waals surface area contributed by atoms with E-state index < -0.39 is 0 Å². The lowest BCUT2D eigenvalue weighted by molar-refractivity contribution is 0.0969. The largest absolute Gasteiger partial charge is 0.497 e. The summed E-state index contributed by atoms with van der Waals surface area (Å²) in [7, 11) is 1.62. The van der Waals surface area contributed by atoms with Crippen LogP contribution in [0.15, 0.2) is 64.8 Å². The number of rotatable bonds is 5. The van der Waals surface area contributed by atoms with Crippen molar-refractivity contribution in [3.63, 3.8) is 0 Å². The second-order valence-electron chi connectivity index (χ2n) is 6.40. The molecule has 28 heavy (non-hydrogen) atoms. The van der Waals surface area contributed by atoms with Gasteiger partial charge < -0.3 is 4.74 Å². The van der Waals surface area contributed by atoms with Gasteiger partial charge in [0.25, 0.3) is 5.56 Å². The van der Waals surface area contributed by atoms with Crippen LogP contribution in [-0.2, 0) is 6.54 Å². The number of ether oxygens (including phenoxy) is 1. The predicted octanol–water partition coefficient (Wildman–Crippen LogP) is 4.32. The topological polar surface area (TPSA) is 61.2 Å². The predicted molar refractivity (Wildman–Crippen MR) is 111 cm³/mol. The van der Waals surface area contributed by atoms with Crippen LogP contribution in [0.5, 0.6) is 5.75 Å². The Balaban J connectivity index is 1.80. The number of Topliss-reactive ketones (excluding diaryl/α,β-unsaturated/α-hetero) is 1. The highest BCUT2D eigenvalue weighted by molar-refractivity contribution is 7.17. The molecular formula is C22H18N2O3S. The van der Waals surface area contributed by atoms with E-state index in [9.17, 15) is 9.59 Å². The van der Waals surface area contributed by atoms with E-state index in [0.29, 0.717) is 21.6 Å². The molecular weight excluding hydrogens is 372 g/mol. The van der Waals surface area contributed by atoms with Crippen LogP contribution in [-0.4, -0.2) is 22.4 Å². The number of hydrogen-bond donors (Lipinski definition) is 0. The zero-order valence-corrected chi connectivity index (χ0v) is 16.3. The Morgan fingerprint density at radius 3 is 2.50 bits per heavy atom. The third-order valence-electron chi connectivity index (χ3n) is 4.68. The Morgan fingerprint density at radius 2 is 1.82 bits per heavy atom. The molecule has 0 saturated heterocycles. The minimum absolute atomic E-state index is 0.0322. The van der Waals surface area contributed by atoms with E-state index in [0.717, 1.165) is 16.9 Å². The summed E-state index contributed by atoms with van der Waals surface area (Å²) >= 11 is 1.43. The fraction of sp³-hybridized carbons (Fsp3) is 0.136. The number of nitrogens with zero attached hydrogens (tertiary/aromatic N) is 2. The van der Waals surface area contributed by atoms with Gasteiger partial charge in [-0.25, -0.2) is 4.98 Å². The van der Waals surface area contributed by atoms with Gasteiger partial charge in [-0.05, 0) is 24.6 Å². The number of aromatic nitrogens is 2. The molecule has 0 saturated carbocycles. The number of aryl methyl sites for hydroxylation is 1. The SMILES string of the molecule is COc1ccc(-c2csc3nc(C)n(CC(=O)c4ccccc4)c(=O)c23)cc1. The van der Waals surface area contributed by atoms with Crippen LogP contribution in [0, 0.1) is 6.92 Å². The molecule has 0 fully saturated rings. The van der Waals surface area contributed by atoms with Crippen molar-refractivity contribution in [1.29, 1.82) is 0 Å². The minimum Gasteiger partial charge on any atom is -0.497 e. The highest BCUT2D eigenvalue weighted by Gasteiger charge is 2.17. The van der Waals surface area contributed by atoms with Crippen LogP contribution < -0.4 is 10.3 Å². The normalized spacial score (nSPS) is 10.9. The van der Waals surface area contributed by atoms with E-state index >= 15 is 0 Å². The molecule has 0 radical (unpaired) electrons. The first kappa shape index (κ1) is 18.1. The number of ketones is 1. The molecule has 0 unspecified atom stereocenters. The van der Waals surface area contributed by atoms with E-state index in [1.165, 1.54) is 15.9 Å². The first-order chi connectivity index (χ1) is 13.6. The van der Waals surface area contributed by atoms with Crippen molar-refractivity contribution in [2.24, 2.45) is 0 Å². The second kappa shape index (κ2) is 7.40. The fourth-order valence-electron chi connectivity index (χ4n) is 3.15. The maximum absolute atomic E-state index is 13.2. The molecule has 2 aromatic carbocycles. The lowest BCUT2D eigenvalue weighted by Gasteiger charge is -2.10. The highest BCUT2D eigenvalue weighted by atomic mass is 32.1. The van der Waals surface area contributed by atoms with Gasteiger partial charge in [0.2, 0.25) is 0 Å². The highest BCUT2D eigenvalue weighted by Crippen LogP contribution is 2.32. The summed E-state index contributed by atoms with van der Waals surface area (Å²) in [5.41, 5.74) is 2.12. The Kier molecular flexibility index (Phi) is 4.79. The third-order valence-corrected chi connectivity index (χ3v) is 5.56. The molecule has 0 bridgehead atoms. The Bertz CT molecular complexity index is 1210. The average Bonchev–Trinajstić information content (AvgIpc) is 3.15. The molecule has 5 nitrogen and oxygen atoms in total. The number of carbonyl (C=O) groups is 1. The molecule has 2 aromatic heterocycles. The molecule has 6 heteroatoms. The van der Waals surface area contributed by atoms with E-state index in [2.05, 4.69) is 4.98 Å². The van der Waals surface area contributed by atoms with Gasteiger partial charge >= 0.3 is 0 Å². The molecule has 4 aromatic rings. The van der Waals surface area contributed by atoms with Crippen LogP contribution in [0.4, 0.5) is 0 Å². The van der Waals surface area contributed by atoms with Crippen molar-refractivity contribution in [3.8, 4) is 16.9 Å². The van der Waals surface area contributed by atoms with Crippen LogP contribution >= 0.6 is 11.3 Å². The van der Waals surface area contributed by atoms with Gasteiger partial charge in [0.15, 0.2) is 5.78 Å². The average molecular weight is 390 g/mol. The molecule has 4 rings (SSSR count). The molecule has 0 amide bonds. The summed E-state index contributed by atoms with van der Waals surface area (Å²) in [6.45, 7) is 1.72. The summed E-state index contributed by atoms with van der Waals surface area (Å²) < 4.78 is 6.66. The number of thiophene rings is 1. The Labute approximate surface area is 165 Å². The molecule has 0 aliphatic carbocycles. The van der Waals surface area contributed by atoms with Crippen molar-refractivity contribution in [3.05, 3.63) is 81.7 Å². The number of carbonyl (C=O) groups excluding carboxylic acids is 1. The zero-order chi connectivity index (χ0) is 19.7. The number of fused-ring (bicyclic) bond motifs is 1. The summed E-state index contributed by atoms with van der Waals surface area (Å²) in [4.78, 5) is 31.1. The van der Waals surface area contributed by atoms with Crippen molar-refractivity contribution in [2.45, 2.75) is 13.5 Å². The van der Waals surface area contributed by atoms with Gasteiger partial charge in [0.05, 0.1) is 19.0 Å². The van der Waals surface area contributed by atoms with Gasteiger partial charge in [-0.2, -0.15) is 0 Å². The number of benzene rings is 2. The first-order valence-corrected chi connectivity index (χ1v) is 9.68. The first-order valence-electron chi connectivity index (χ1n) is 8.80. The van der Waals surface area contributed by atoms with Crippen LogP contribution in [0.2, 0.25) is 0 Å². The van der Waals surface area contributed by atoms with Crippen molar-refractivity contribution >= 4 is 27.3 Å². The van der Waals surface area contributed by atoms with Crippen molar-refractivity contribution < 1.29 is 9.53 Å². The molecule has 0 N–H and O–H groups in total. The van der Waals surface area contributed by atoms with Crippen molar-refractivity contribution in [2.75, 3.05) is 7.11 Å². The lowest BCUT2D eigenvalue weighted by Crippen LogP contribution is -2.27. The van der Waals surface area contributed by atoms with E-state index in [1.807, 2.05) is 47.8 Å². The molecule has 0 aliphatic rings. The monoisotopic (exact) mass is 390 g/mol. The van der Waals surface area contributed by atoms with E-state index in [-0.39, 0.29) is 17.9 Å². The van der Waals surface area contributed by atoms with Gasteiger partial charge in [0.1, 0.15) is 16.4 Å². The van der Waals surface area contributed by atoms with Gasteiger partial charge in [-0.15, -0.1) is 11.3 Å². The summed E-state index contributed by atoms with van der Waals surface area (Å²) in [5.74, 6) is 1.17. The maximum atomic E-state index is 13.2. The summed E-state index contributed by atoms with van der Waals surface area (Å²) in [6, 6.07) is 16.5. The minimum atomic E-state index is -0.196. The standard InChI is InChI=1S/C22H18N2O3S/c1-14-23-21-20(18(13-28-21)15-8-10-17(27-2)11-9-15)22(26)24(14)12-19(25)16-6-4-3-5-7-16/h3-11,13H,12H2,1-2H3. The quantitative estimate of drug-likeness (QED) is 0.476. The van der Waals surface area contributed by atoms with E-state index in [4.69, 9.17) is 4.74 Å². The van der Waals surface area contributed by atoms with Crippen molar-refractivity contribution in [1.82, 2.24) is 9.55 Å².